The largest absolute Gasteiger partial charge is 0.472 e. The van der Waals surface area contributed by atoms with Gasteiger partial charge in [-0.05, 0) is 57.8 Å². The zero-order valence-electron chi connectivity index (χ0n) is 44.8. The van der Waals surface area contributed by atoms with Gasteiger partial charge in [0.1, 0.15) is 13.2 Å². The Morgan fingerprint density at radius 2 is 0.897 bits per heavy atom. The van der Waals surface area contributed by atoms with E-state index in [0.717, 1.165) is 44.9 Å². The third-order valence-electron chi connectivity index (χ3n) is 12.1. The summed E-state index contributed by atoms with van der Waals surface area (Å²) in [5, 5.41) is 13.8. The van der Waals surface area contributed by atoms with Crippen molar-refractivity contribution in [1.82, 2.24) is 5.32 Å². The highest BCUT2D eigenvalue weighted by molar-refractivity contribution is 7.47. The summed E-state index contributed by atoms with van der Waals surface area (Å²) in [7, 11) is 1.49. The van der Waals surface area contributed by atoms with Crippen molar-refractivity contribution in [3.05, 3.63) is 85.1 Å². The van der Waals surface area contributed by atoms with Gasteiger partial charge in [0, 0.05) is 6.42 Å². The molecule has 0 bridgehead atoms. The summed E-state index contributed by atoms with van der Waals surface area (Å²) in [6.45, 7) is 4.61. The minimum atomic E-state index is -4.38. The average molecular weight is 972 g/mol. The van der Waals surface area contributed by atoms with E-state index in [1.54, 1.807) is 12.2 Å². The van der Waals surface area contributed by atoms with Crippen LogP contribution in [0.5, 0.6) is 0 Å². The molecule has 0 rings (SSSR count). The maximum Gasteiger partial charge on any atom is 0.472 e. The molecule has 0 aromatic rings. The Bertz CT molecular complexity index is 1380. The first-order valence-electron chi connectivity index (χ1n) is 28.0. The summed E-state index contributed by atoms with van der Waals surface area (Å²) >= 11 is 0. The van der Waals surface area contributed by atoms with Crippen LogP contribution in [0.3, 0.4) is 0 Å². The van der Waals surface area contributed by atoms with E-state index in [-0.39, 0.29) is 25.5 Å². The lowest BCUT2D eigenvalue weighted by Crippen LogP contribution is -2.45. The fourth-order valence-corrected chi connectivity index (χ4v) is 8.51. The Balaban J connectivity index is 4.24. The highest BCUT2D eigenvalue weighted by Gasteiger charge is 2.27. The van der Waals surface area contributed by atoms with E-state index in [9.17, 15) is 19.4 Å². The van der Waals surface area contributed by atoms with Crippen LogP contribution in [0.4, 0.5) is 0 Å². The van der Waals surface area contributed by atoms with E-state index < -0.39 is 20.0 Å². The Hall–Kier alpha value is -2.32. The molecule has 9 heteroatoms. The number of nitrogens with zero attached hydrogens (tertiary/aromatic N) is 1. The number of hydrogen-bond donors (Lipinski definition) is 3. The molecule has 0 saturated heterocycles. The molecule has 0 aliphatic carbocycles. The summed E-state index contributed by atoms with van der Waals surface area (Å²) in [5.41, 5.74) is 0. The molecule has 0 aromatic carbocycles. The van der Waals surface area contributed by atoms with Gasteiger partial charge in [-0.25, -0.2) is 4.57 Å². The second-order valence-corrected chi connectivity index (χ2v) is 21.4. The Kier molecular flexibility index (Phi) is 48.0. The van der Waals surface area contributed by atoms with Gasteiger partial charge in [-0.1, -0.05) is 253 Å². The first-order chi connectivity index (χ1) is 33.0. The number of quaternary nitrogens is 1. The first-order valence-corrected chi connectivity index (χ1v) is 29.5. The Labute approximate surface area is 420 Å². The molecule has 3 N–H and O–H groups in total. The molecule has 0 spiro atoms. The zero-order chi connectivity index (χ0) is 49.9. The van der Waals surface area contributed by atoms with Crippen LogP contribution < -0.4 is 5.32 Å². The second kappa shape index (κ2) is 49.7. The summed E-state index contributed by atoms with van der Waals surface area (Å²) in [5.74, 6) is -0.315. The quantitative estimate of drug-likeness (QED) is 0.0243. The lowest BCUT2D eigenvalue weighted by Gasteiger charge is -2.25. The number of carbonyl (C=O) groups is 1. The normalized spacial score (nSPS) is 14.6. The Morgan fingerprint density at radius 1 is 0.515 bits per heavy atom. The molecular weight excluding hydrogens is 864 g/mol. The van der Waals surface area contributed by atoms with Gasteiger partial charge in [-0.3, -0.25) is 13.8 Å². The van der Waals surface area contributed by atoms with Crippen LogP contribution in [-0.2, 0) is 18.4 Å². The van der Waals surface area contributed by atoms with Gasteiger partial charge in [-0.2, -0.15) is 0 Å². The molecular formula is C59H108N2O6P+. The van der Waals surface area contributed by atoms with Gasteiger partial charge in [-0.15, -0.1) is 0 Å². The minimum absolute atomic E-state index is 0.0357. The van der Waals surface area contributed by atoms with Crippen molar-refractivity contribution < 1.29 is 32.9 Å². The monoisotopic (exact) mass is 972 g/mol. The highest BCUT2D eigenvalue weighted by Crippen LogP contribution is 2.43. The lowest BCUT2D eigenvalue weighted by atomic mass is 10.0. The number of unbranched alkanes of at least 4 members (excludes halogenated alkanes) is 26. The number of aliphatic hydroxyl groups excluding tert-OH is 1. The van der Waals surface area contributed by atoms with Crippen LogP contribution in [0.1, 0.15) is 232 Å². The molecule has 0 fully saturated rings. The number of aliphatic hydroxyl groups is 1. The van der Waals surface area contributed by atoms with E-state index in [0.29, 0.717) is 17.4 Å². The highest BCUT2D eigenvalue weighted by atomic mass is 31.2. The van der Waals surface area contributed by atoms with Crippen LogP contribution in [0.2, 0.25) is 0 Å². The summed E-state index contributed by atoms with van der Waals surface area (Å²) in [6.07, 6.45) is 70.3. The number of carbonyl (C=O) groups excluding carboxylic acids is 1. The van der Waals surface area contributed by atoms with Crippen LogP contribution >= 0.6 is 7.82 Å². The standard InChI is InChI=1S/C59H107N2O6P/c1-6-8-10-12-14-16-18-20-22-23-24-25-26-27-28-29-30-31-32-33-34-35-36-37-39-40-42-44-46-48-50-52-58(62)57(56-67-68(64,65)66-55-54-61(3,4)5)60-59(63)53-51-49-47-45-43-41-38-21-19-17-15-13-11-9-7-2/h9,11,15,17,21,38,42-45,49-52,57-58,62H,6-8,10,12-14,16,18-20,22-37,39-41,46-48,53-56H2,1-5H3,(H-,60,63,64,65)/p+1/b11-9-,17-15-,38-21-,44-42+,45-43-,51-49-,52-50+. The molecule has 0 heterocycles. The number of nitrogens with one attached hydrogen (secondary N) is 1. The number of phosphoric ester groups is 1. The molecule has 0 aromatic heterocycles. The molecule has 0 radical (unpaired) electrons. The van der Waals surface area contributed by atoms with Crippen LogP contribution in [-0.4, -0.2) is 73.4 Å². The van der Waals surface area contributed by atoms with Crippen molar-refractivity contribution >= 4 is 13.7 Å². The van der Waals surface area contributed by atoms with Crippen LogP contribution in [0.15, 0.2) is 85.1 Å². The molecule has 1 amide bonds. The van der Waals surface area contributed by atoms with Crippen molar-refractivity contribution in [1.29, 1.82) is 0 Å². The van der Waals surface area contributed by atoms with E-state index >= 15 is 0 Å². The van der Waals surface area contributed by atoms with E-state index in [1.165, 1.54) is 161 Å². The van der Waals surface area contributed by atoms with Crippen molar-refractivity contribution in [3.63, 3.8) is 0 Å². The number of hydrogen-bond acceptors (Lipinski definition) is 5. The number of amides is 1. The molecule has 394 valence electrons. The van der Waals surface area contributed by atoms with Gasteiger partial charge in [0.25, 0.3) is 0 Å². The van der Waals surface area contributed by atoms with Gasteiger partial charge in [0.05, 0.1) is 39.9 Å². The predicted octanol–water partition coefficient (Wildman–Crippen LogP) is 16.9. The Morgan fingerprint density at radius 3 is 1.32 bits per heavy atom. The summed E-state index contributed by atoms with van der Waals surface area (Å²) < 4.78 is 23.6. The van der Waals surface area contributed by atoms with Crippen molar-refractivity contribution in [2.45, 2.75) is 244 Å². The van der Waals surface area contributed by atoms with Crippen molar-refractivity contribution in [2.75, 3.05) is 40.9 Å². The SMILES string of the molecule is CC/C=C\C/C=C\C/C=C\C/C=C\C/C=C\CC(=O)NC(COP(=O)(O)OCC[N+](C)(C)C)C(O)/C=C/CC/C=C/CCCCCCCCCCCCCCCCCCCCCCCCCCC. The number of phosphoric acid groups is 1. The van der Waals surface area contributed by atoms with Gasteiger partial charge >= 0.3 is 7.82 Å². The topological polar surface area (TPSA) is 105 Å². The zero-order valence-corrected chi connectivity index (χ0v) is 45.7. The number of likely N-dealkylation sites (N-methyl/N-ethyl adjacent to an activating group) is 1. The molecule has 3 unspecified atom stereocenters. The third kappa shape index (κ3) is 51.5. The van der Waals surface area contributed by atoms with Gasteiger partial charge in [0.2, 0.25) is 5.91 Å². The number of rotatable bonds is 50. The minimum Gasteiger partial charge on any atom is -0.387 e. The molecule has 68 heavy (non-hydrogen) atoms. The molecule has 8 nitrogen and oxygen atoms in total. The molecule has 3 atom stereocenters. The fraction of sp³-hybridized carbons (Fsp3) is 0.746. The number of allylic oxidation sites excluding steroid dienone is 12. The first kappa shape index (κ1) is 65.7. The van der Waals surface area contributed by atoms with Gasteiger partial charge in [0.15, 0.2) is 0 Å². The summed E-state index contributed by atoms with van der Waals surface area (Å²) in [6, 6.07) is -0.923. The average Bonchev–Trinajstić information content (AvgIpc) is 3.30. The summed E-state index contributed by atoms with van der Waals surface area (Å²) in [4.78, 5) is 23.1. The van der Waals surface area contributed by atoms with E-state index in [1.807, 2.05) is 33.3 Å². The van der Waals surface area contributed by atoms with E-state index in [2.05, 4.69) is 79.9 Å². The smallest absolute Gasteiger partial charge is 0.387 e. The van der Waals surface area contributed by atoms with Crippen LogP contribution in [0, 0.1) is 0 Å². The fourth-order valence-electron chi connectivity index (χ4n) is 7.77. The molecule has 0 aliphatic rings. The predicted molar refractivity (Wildman–Crippen MR) is 295 cm³/mol. The molecule has 0 saturated carbocycles. The third-order valence-corrected chi connectivity index (χ3v) is 13.1. The van der Waals surface area contributed by atoms with Crippen LogP contribution in [0.25, 0.3) is 0 Å². The van der Waals surface area contributed by atoms with E-state index in [4.69, 9.17) is 9.05 Å². The van der Waals surface area contributed by atoms with Gasteiger partial charge < -0.3 is 19.8 Å². The van der Waals surface area contributed by atoms with Crippen molar-refractivity contribution in [3.8, 4) is 0 Å². The lowest BCUT2D eigenvalue weighted by molar-refractivity contribution is -0.870. The molecule has 0 aliphatic heterocycles. The van der Waals surface area contributed by atoms with Crippen molar-refractivity contribution in [2.24, 2.45) is 0 Å². The second-order valence-electron chi connectivity index (χ2n) is 19.9. The maximum absolute atomic E-state index is 12.9. The maximum atomic E-state index is 12.9.